The van der Waals surface area contributed by atoms with Gasteiger partial charge in [-0.1, -0.05) is 28.1 Å². The highest BCUT2D eigenvalue weighted by atomic mass is 35.5. The number of hydrogen-bond donors (Lipinski definition) is 3. The molecule has 33 heavy (non-hydrogen) atoms. The molecule has 15 heteroatoms. The highest BCUT2D eigenvalue weighted by Crippen LogP contribution is 2.37. The summed E-state index contributed by atoms with van der Waals surface area (Å²) in [7, 11) is 0. The van der Waals surface area contributed by atoms with E-state index in [1.54, 1.807) is 20.8 Å². The molecule has 0 aliphatic carbocycles. The number of esters is 1. The molecule has 2 atom stereocenters. The van der Waals surface area contributed by atoms with Gasteiger partial charge in [-0.05, 0) is 26.8 Å². The number of thiazole rings is 1. The van der Waals surface area contributed by atoms with Gasteiger partial charge in [0.25, 0.3) is 11.8 Å². The number of β-lactam (4-membered cyclic amide) rings is 1. The first-order chi connectivity index (χ1) is 15.4. The summed E-state index contributed by atoms with van der Waals surface area (Å²) in [5.74, 6) is -3.05. The van der Waals surface area contributed by atoms with Crippen LogP contribution in [0.15, 0.2) is 16.9 Å². The summed E-state index contributed by atoms with van der Waals surface area (Å²) in [5, 5.41) is 14.9. The number of carboxylic acids is 1. The van der Waals surface area contributed by atoms with Crippen LogP contribution in [-0.2, 0) is 28.8 Å². The second-order valence-electron chi connectivity index (χ2n) is 7.75. The smallest absolute Gasteiger partial charge is 0.352 e. The van der Waals surface area contributed by atoms with Gasteiger partial charge in [0.05, 0.1) is 0 Å². The average Bonchev–Trinajstić information content (AvgIpc) is 3.04. The Morgan fingerprint density at radius 2 is 2.12 bits per heavy atom. The summed E-state index contributed by atoms with van der Waals surface area (Å²) in [6, 6.07) is -1.00. The molecule has 1 fully saturated rings. The van der Waals surface area contributed by atoms with Gasteiger partial charge in [0.2, 0.25) is 6.61 Å². The molecule has 2 aliphatic heterocycles. The molecule has 12 nitrogen and oxygen atoms in total. The molecule has 0 spiro atoms. The number of aromatic nitrogens is 1. The van der Waals surface area contributed by atoms with Crippen molar-refractivity contribution in [2.75, 3.05) is 18.1 Å². The number of halogens is 1. The van der Waals surface area contributed by atoms with Gasteiger partial charge in [-0.3, -0.25) is 14.5 Å². The molecule has 0 aromatic carbocycles. The standard InChI is InChI=1S/C18H20ClN5O7S2/c1-18(2,3)31-8(25)6-30-23-10(9-12(19)33-17(20)22-9)13(26)21-11-14(27)24-7(16(28)29)4-5-32-15(11)24/h4,11,15H,5-6H2,1-3H3,(H2,20,22)(H,21,26)(H,28,29)/t11?,15-/m1/s1. The summed E-state index contributed by atoms with van der Waals surface area (Å²) >= 11 is 8.29. The van der Waals surface area contributed by atoms with Crippen molar-refractivity contribution in [1.82, 2.24) is 15.2 Å². The van der Waals surface area contributed by atoms with Crippen LogP contribution in [0.2, 0.25) is 4.34 Å². The van der Waals surface area contributed by atoms with Crippen LogP contribution in [0.25, 0.3) is 0 Å². The first-order valence-electron chi connectivity index (χ1n) is 9.42. The van der Waals surface area contributed by atoms with Crippen LogP contribution in [0.5, 0.6) is 0 Å². The average molecular weight is 518 g/mol. The van der Waals surface area contributed by atoms with Crippen molar-refractivity contribution in [3.05, 3.63) is 21.8 Å². The molecule has 0 saturated carbocycles. The zero-order valence-corrected chi connectivity index (χ0v) is 20.0. The number of nitrogen functional groups attached to an aromatic ring is 1. The van der Waals surface area contributed by atoms with Gasteiger partial charge in [0.15, 0.2) is 10.8 Å². The second-order valence-corrected chi connectivity index (χ2v) is 10.5. The van der Waals surface area contributed by atoms with Crippen molar-refractivity contribution < 1.29 is 33.9 Å². The highest BCUT2D eigenvalue weighted by molar-refractivity contribution is 8.00. The number of amides is 2. The van der Waals surface area contributed by atoms with E-state index in [1.165, 1.54) is 17.8 Å². The van der Waals surface area contributed by atoms with E-state index in [2.05, 4.69) is 15.5 Å². The van der Waals surface area contributed by atoms with E-state index in [1.807, 2.05) is 0 Å². The normalized spacial score (nSPS) is 20.4. The van der Waals surface area contributed by atoms with E-state index in [0.717, 1.165) is 16.2 Å². The third-order valence-electron chi connectivity index (χ3n) is 4.15. The molecule has 2 amide bonds. The number of fused-ring (bicyclic) bond motifs is 1. The maximum Gasteiger partial charge on any atom is 0.352 e. The van der Waals surface area contributed by atoms with Crippen LogP contribution in [-0.4, -0.2) is 73.8 Å². The lowest BCUT2D eigenvalue weighted by atomic mass is 10.0. The maximum atomic E-state index is 13.0. The Bertz CT molecular complexity index is 1070. The lowest BCUT2D eigenvalue weighted by Crippen LogP contribution is -2.70. The molecule has 2 aliphatic rings. The van der Waals surface area contributed by atoms with E-state index in [4.69, 9.17) is 26.9 Å². The second kappa shape index (κ2) is 9.57. The Morgan fingerprint density at radius 3 is 2.70 bits per heavy atom. The first-order valence-corrected chi connectivity index (χ1v) is 11.7. The van der Waals surface area contributed by atoms with Crippen LogP contribution in [0.4, 0.5) is 5.13 Å². The molecular weight excluding hydrogens is 498 g/mol. The van der Waals surface area contributed by atoms with Crippen LogP contribution in [0, 0.1) is 0 Å². The number of nitrogens with two attached hydrogens (primary N) is 1. The predicted molar refractivity (Wildman–Crippen MR) is 121 cm³/mol. The van der Waals surface area contributed by atoms with Gasteiger partial charge in [0, 0.05) is 5.75 Å². The Balaban J connectivity index is 1.76. The van der Waals surface area contributed by atoms with Gasteiger partial charge in [0.1, 0.15) is 32.7 Å². The number of nitrogens with zero attached hydrogens (tertiary/aromatic N) is 3. The van der Waals surface area contributed by atoms with E-state index in [0.29, 0.717) is 5.75 Å². The van der Waals surface area contributed by atoms with Crippen LogP contribution < -0.4 is 11.1 Å². The Labute approximate surface area is 201 Å². The van der Waals surface area contributed by atoms with E-state index in [-0.39, 0.29) is 20.9 Å². The van der Waals surface area contributed by atoms with Gasteiger partial charge < -0.3 is 25.7 Å². The number of carbonyl (C=O) groups excluding carboxylic acids is 3. The Morgan fingerprint density at radius 1 is 1.42 bits per heavy atom. The van der Waals surface area contributed by atoms with Crippen LogP contribution in [0.3, 0.4) is 0 Å². The summed E-state index contributed by atoms with van der Waals surface area (Å²) < 4.78 is 5.16. The molecule has 3 heterocycles. The number of carboxylic acid groups (broad SMARTS) is 1. The van der Waals surface area contributed by atoms with Gasteiger partial charge in [-0.25, -0.2) is 14.6 Å². The molecule has 1 unspecified atom stereocenters. The lowest BCUT2D eigenvalue weighted by molar-refractivity contribution is -0.160. The number of aliphatic carboxylic acids is 1. The monoisotopic (exact) mass is 517 g/mol. The summed E-state index contributed by atoms with van der Waals surface area (Å²) in [6.45, 7) is 4.45. The number of hydrogen-bond acceptors (Lipinski definition) is 11. The van der Waals surface area contributed by atoms with Gasteiger partial charge >= 0.3 is 11.9 Å². The summed E-state index contributed by atoms with van der Waals surface area (Å²) in [6.07, 6.45) is 1.43. The number of ether oxygens (including phenoxy) is 1. The first kappa shape index (κ1) is 24.8. The molecule has 0 bridgehead atoms. The zero-order valence-electron chi connectivity index (χ0n) is 17.7. The minimum atomic E-state index is -1.24. The number of anilines is 1. The third-order valence-corrected chi connectivity index (χ3v) is 6.42. The van der Waals surface area contributed by atoms with Crippen molar-refractivity contribution in [3.8, 4) is 0 Å². The topological polar surface area (TPSA) is 174 Å². The molecule has 178 valence electrons. The van der Waals surface area contributed by atoms with Crippen LogP contribution in [0.1, 0.15) is 26.5 Å². The Hall–Kier alpha value is -2.84. The van der Waals surface area contributed by atoms with Crippen molar-refractivity contribution in [2.45, 2.75) is 37.8 Å². The fourth-order valence-corrected chi connectivity index (χ4v) is 5.05. The lowest BCUT2D eigenvalue weighted by Gasteiger charge is -2.48. The van der Waals surface area contributed by atoms with Crippen molar-refractivity contribution in [1.29, 1.82) is 0 Å². The van der Waals surface area contributed by atoms with E-state index in [9.17, 15) is 24.3 Å². The Kier molecular flexibility index (Phi) is 7.19. The quantitative estimate of drug-likeness (QED) is 0.203. The number of rotatable bonds is 7. The number of carbonyl (C=O) groups is 4. The SMILES string of the molecule is CC(C)(C)OC(=O)CON=C(C(=O)NC1C(=O)N2C(C(=O)O)=CCS[C@H]12)c1nc(N)sc1Cl. The maximum absolute atomic E-state index is 13.0. The summed E-state index contributed by atoms with van der Waals surface area (Å²) in [4.78, 5) is 58.7. The molecule has 4 N–H and O–H groups in total. The van der Waals surface area contributed by atoms with Crippen molar-refractivity contribution >= 4 is 69.3 Å². The van der Waals surface area contributed by atoms with Crippen LogP contribution >= 0.6 is 34.7 Å². The number of oxime groups is 1. The molecule has 3 rings (SSSR count). The van der Waals surface area contributed by atoms with Gasteiger partial charge in [-0.2, -0.15) is 0 Å². The molecule has 1 aromatic heterocycles. The van der Waals surface area contributed by atoms with E-state index >= 15 is 0 Å². The fraction of sp³-hybridized carbons (Fsp3) is 0.444. The minimum Gasteiger partial charge on any atom is -0.477 e. The minimum absolute atomic E-state index is 0.0481. The molecule has 0 radical (unpaired) electrons. The van der Waals surface area contributed by atoms with Crippen molar-refractivity contribution in [2.24, 2.45) is 5.16 Å². The number of nitrogens with one attached hydrogen (secondary N) is 1. The summed E-state index contributed by atoms with van der Waals surface area (Å²) in [5.41, 5.74) is 4.27. The van der Waals surface area contributed by atoms with E-state index < -0.39 is 53.1 Å². The largest absolute Gasteiger partial charge is 0.477 e. The zero-order chi connectivity index (χ0) is 24.5. The highest BCUT2D eigenvalue weighted by Gasteiger charge is 2.53. The molecule has 1 saturated heterocycles. The molecular formula is C18H20ClN5O7S2. The predicted octanol–water partition coefficient (Wildman–Crippen LogP) is 0.810. The third kappa shape index (κ3) is 5.57. The molecule has 1 aromatic rings. The fourth-order valence-electron chi connectivity index (χ4n) is 2.92. The van der Waals surface area contributed by atoms with Crippen molar-refractivity contribution in [3.63, 3.8) is 0 Å². The number of thioether (sulfide) groups is 1. The van der Waals surface area contributed by atoms with Gasteiger partial charge in [-0.15, -0.1) is 11.8 Å².